The van der Waals surface area contributed by atoms with E-state index in [2.05, 4.69) is 0 Å². The third-order valence-corrected chi connectivity index (χ3v) is 1.94. The average Bonchev–Trinajstić information content (AvgIpc) is 2.17. The molecule has 3 heteroatoms. The molecule has 0 aliphatic heterocycles. The van der Waals surface area contributed by atoms with E-state index >= 15 is 0 Å². The van der Waals surface area contributed by atoms with Crippen molar-refractivity contribution in [1.29, 1.82) is 0 Å². The standard InChI is InChI=1S/C10H12F2O/c1-2-9(12)10(13)7-3-5-8(11)6-4-7/h3-6,9-10,13H,2H2,1H3. The van der Waals surface area contributed by atoms with Crippen LogP contribution >= 0.6 is 0 Å². The number of aliphatic hydroxyl groups is 1. The molecule has 0 fully saturated rings. The van der Waals surface area contributed by atoms with Gasteiger partial charge in [-0.1, -0.05) is 19.1 Å². The Labute approximate surface area is 76.0 Å². The van der Waals surface area contributed by atoms with E-state index in [1.807, 2.05) is 0 Å². The van der Waals surface area contributed by atoms with Gasteiger partial charge in [-0.2, -0.15) is 0 Å². The lowest BCUT2D eigenvalue weighted by atomic mass is 10.0. The van der Waals surface area contributed by atoms with Gasteiger partial charge in [-0.15, -0.1) is 0 Å². The van der Waals surface area contributed by atoms with Crippen molar-refractivity contribution >= 4 is 0 Å². The van der Waals surface area contributed by atoms with E-state index in [4.69, 9.17) is 0 Å². The molecule has 1 aromatic carbocycles. The SMILES string of the molecule is CCC(F)C(O)c1ccc(F)cc1. The number of halogens is 2. The molecule has 1 aromatic rings. The number of rotatable bonds is 3. The summed E-state index contributed by atoms with van der Waals surface area (Å²) in [6.45, 7) is 1.65. The summed E-state index contributed by atoms with van der Waals surface area (Å²) in [5.74, 6) is -0.386. The molecule has 0 radical (unpaired) electrons. The average molecular weight is 186 g/mol. The molecule has 0 heterocycles. The van der Waals surface area contributed by atoms with Gasteiger partial charge in [0.1, 0.15) is 18.1 Å². The van der Waals surface area contributed by atoms with E-state index in [1.165, 1.54) is 24.3 Å². The highest BCUT2D eigenvalue weighted by molar-refractivity contribution is 5.19. The number of alkyl halides is 1. The minimum atomic E-state index is -1.29. The van der Waals surface area contributed by atoms with Crippen LogP contribution in [0.5, 0.6) is 0 Å². The zero-order valence-corrected chi connectivity index (χ0v) is 7.37. The maximum absolute atomic E-state index is 13.0. The van der Waals surface area contributed by atoms with Crippen molar-refractivity contribution in [1.82, 2.24) is 0 Å². The van der Waals surface area contributed by atoms with E-state index in [9.17, 15) is 13.9 Å². The molecule has 0 aromatic heterocycles. The fourth-order valence-corrected chi connectivity index (χ4v) is 1.09. The van der Waals surface area contributed by atoms with Crippen molar-refractivity contribution in [3.63, 3.8) is 0 Å². The first-order valence-electron chi connectivity index (χ1n) is 4.22. The summed E-state index contributed by atoms with van der Waals surface area (Å²) in [6, 6.07) is 5.20. The van der Waals surface area contributed by atoms with Crippen molar-refractivity contribution in [2.75, 3.05) is 0 Å². The number of benzene rings is 1. The van der Waals surface area contributed by atoms with E-state index in [1.54, 1.807) is 6.92 Å². The maximum Gasteiger partial charge on any atom is 0.130 e. The Morgan fingerprint density at radius 1 is 1.31 bits per heavy atom. The molecule has 0 saturated heterocycles. The third kappa shape index (κ3) is 2.49. The topological polar surface area (TPSA) is 20.2 Å². The lowest BCUT2D eigenvalue weighted by Crippen LogP contribution is -2.12. The van der Waals surface area contributed by atoms with Crippen LogP contribution in [-0.2, 0) is 0 Å². The molecule has 13 heavy (non-hydrogen) atoms. The summed E-state index contributed by atoms with van der Waals surface area (Å²) in [4.78, 5) is 0. The van der Waals surface area contributed by atoms with Gasteiger partial charge < -0.3 is 5.11 Å². The normalized spacial score (nSPS) is 15.4. The second-order valence-corrected chi connectivity index (χ2v) is 2.92. The molecular weight excluding hydrogens is 174 g/mol. The molecule has 1 rings (SSSR count). The van der Waals surface area contributed by atoms with Crippen LogP contribution in [-0.4, -0.2) is 11.3 Å². The lowest BCUT2D eigenvalue weighted by molar-refractivity contribution is 0.0753. The molecular formula is C10H12F2O. The molecule has 0 amide bonds. The van der Waals surface area contributed by atoms with Gasteiger partial charge in [0.25, 0.3) is 0 Å². The lowest BCUT2D eigenvalue weighted by Gasteiger charge is -2.13. The van der Waals surface area contributed by atoms with Gasteiger partial charge >= 0.3 is 0 Å². The first kappa shape index (κ1) is 10.1. The zero-order chi connectivity index (χ0) is 9.84. The zero-order valence-electron chi connectivity index (χ0n) is 7.37. The summed E-state index contributed by atoms with van der Waals surface area (Å²) >= 11 is 0. The van der Waals surface area contributed by atoms with Crippen LogP contribution in [0.25, 0.3) is 0 Å². The highest BCUT2D eigenvalue weighted by Crippen LogP contribution is 2.21. The second-order valence-electron chi connectivity index (χ2n) is 2.92. The van der Waals surface area contributed by atoms with Crippen molar-refractivity contribution in [2.24, 2.45) is 0 Å². The van der Waals surface area contributed by atoms with Gasteiger partial charge in [-0.25, -0.2) is 8.78 Å². The highest BCUT2D eigenvalue weighted by Gasteiger charge is 2.17. The van der Waals surface area contributed by atoms with E-state index < -0.39 is 12.3 Å². The predicted molar refractivity (Wildman–Crippen MR) is 46.5 cm³/mol. The van der Waals surface area contributed by atoms with Crippen LogP contribution in [0.1, 0.15) is 25.0 Å². The number of hydrogen-bond acceptors (Lipinski definition) is 1. The minimum absolute atomic E-state index is 0.249. The van der Waals surface area contributed by atoms with Crippen molar-refractivity contribution in [2.45, 2.75) is 25.6 Å². The smallest absolute Gasteiger partial charge is 0.130 e. The molecule has 0 saturated carbocycles. The third-order valence-electron chi connectivity index (χ3n) is 1.94. The van der Waals surface area contributed by atoms with Crippen LogP contribution in [0, 0.1) is 5.82 Å². The molecule has 2 atom stereocenters. The molecule has 2 unspecified atom stereocenters. The van der Waals surface area contributed by atoms with Gasteiger partial charge in [0, 0.05) is 0 Å². The Kier molecular flexibility index (Phi) is 3.37. The molecule has 1 N–H and O–H groups in total. The molecule has 0 aliphatic rings. The van der Waals surface area contributed by atoms with Gasteiger partial charge in [0.15, 0.2) is 0 Å². The summed E-state index contributed by atoms with van der Waals surface area (Å²) < 4.78 is 25.4. The van der Waals surface area contributed by atoms with Crippen LogP contribution in [0.4, 0.5) is 8.78 Å². The van der Waals surface area contributed by atoms with Crippen molar-refractivity contribution in [3.05, 3.63) is 35.6 Å². The van der Waals surface area contributed by atoms with Crippen molar-refractivity contribution < 1.29 is 13.9 Å². The number of hydrogen-bond donors (Lipinski definition) is 1. The van der Waals surface area contributed by atoms with E-state index in [-0.39, 0.29) is 12.2 Å². The van der Waals surface area contributed by atoms with Gasteiger partial charge in [0.05, 0.1) is 0 Å². The second kappa shape index (κ2) is 4.33. The minimum Gasteiger partial charge on any atom is -0.385 e. The Hall–Kier alpha value is -0.960. The van der Waals surface area contributed by atoms with Gasteiger partial charge in [-0.05, 0) is 24.1 Å². The first-order chi connectivity index (χ1) is 6.15. The molecule has 72 valence electrons. The monoisotopic (exact) mass is 186 g/mol. The van der Waals surface area contributed by atoms with Crippen molar-refractivity contribution in [3.8, 4) is 0 Å². The maximum atomic E-state index is 13.0. The molecule has 0 bridgehead atoms. The van der Waals surface area contributed by atoms with Crippen LogP contribution < -0.4 is 0 Å². The number of aliphatic hydroxyl groups excluding tert-OH is 1. The highest BCUT2D eigenvalue weighted by atomic mass is 19.1. The molecule has 1 nitrogen and oxygen atoms in total. The van der Waals surface area contributed by atoms with Gasteiger partial charge in [-0.3, -0.25) is 0 Å². The predicted octanol–water partition coefficient (Wildman–Crippen LogP) is 2.61. The fraction of sp³-hybridized carbons (Fsp3) is 0.400. The molecule has 0 aliphatic carbocycles. The van der Waals surface area contributed by atoms with Gasteiger partial charge in [0.2, 0.25) is 0 Å². The van der Waals surface area contributed by atoms with E-state index in [0.29, 0.717) is 5.56 Å². The van der Waals surface area contributed by atoms with Crippen LogP contribution in [0.3, 0.4) is 0 Å². The van der Waals surface area contributed by atoms with E-state index in [0.717, 1.165) is 0 Å². The molecule has 0 spiro atoms. The quantitative estimate of drug-likeness (QED) is 0.769. The summed E-state index contributed by atoms with van der Waals surface area (Å²) in [7, 11) is 0. The van der Waals surface area contributed by atoms with Crippen LogP contribution in [0.15, 0.2) is 24.3 Å². The summed E-state index contributed by atoms with van der Waals surface area (Å²) in [5, 5.41) is 9.38. The largest absolute Gasteiger partial charge is 0.385 e. The Morgan fingerprint density at radius 3 is 2.31 bits per heavy atom. The Morgan fingerprint density at radius 2 is 1.85 bits per heavy atom. The first-order valence-corrected chi connectivity index (χ1v) is 4.22. The van der Waals surface area contributed by atoms with Crippen LogP contribution in [0.2, 0.25) is 0 Å². The fourth-order valence-electron chi connectivity index (χ4n) is 1.09. The Bertz CT molecular complexity index is 258. The Balaban J connectivity index is 2.77. The summed E-state index contributed by atoms with van der Waals surface area (Å²) in [6.07, 6.45) is -2.19. The summed E-state index contributed by atoms with van der Waals surface area (Å²) in [5.41, 5.74) is 0.413.